The normalized spacial score (nSPS) is 14.9. The van der Waals surface area contributed by atoms with Crippen molar-refractivity contribution in [2.45, 2.75) is 25.7 Å². The van der Waals surface area contributed by atoms with E-state index in [0.717, 1.165) is 18.4 Å². The van der Waals surface area contributed by atoms with E-state index in [1.54, 1.807) is 16.0 Å². The zero-order valence-corrected chi connectivity index (χ0v) is 13.0. The minimum absolute atomic E-state index is 0.691. The SMILES string of the molecule is CN(C)N=C(c1cc2c(cc1Cl)CCCC2)n1cncn1. The maximum atomic E-state index is 6.50. The summed E-state index contributed by atoms with van der Waals surface area (Å²) < 4.78 is 1.65. The molecule has 0 radical (unpaired) electrons. The highest BCUT2D eigenvalue weighted by atomic mass is 35.5. The molecule has 0 saturated carbocycles. The summed E-state index contributed by atoms with van der Waals surface area (Å²) in [6.45, 7) is 0. The summed E-state index contributed by atoms with van der Waals surface area (Å²) in [4.78, 5) is 4.00. The maximum Gasteiger partial charge on any atom is 0.183 e. The third-order valence-electron chi connectivity index (χ3n) is 3.60. The van der Waals surface area contributed by atoms with Crippen LogP contribution in [0.1, 0.15) is 29.5 Å². The van der Waals surface area contributed by atoms with Crippen molar-refractivity contribution in [1.29, 1.82) is 0 Å². The molecule has 21 heavy (non-hydrogen) atoms. The Morgan fingerprint density at radius 2 is 1.95 bits per heavy atom. The number of rotatable bonds is 2. The average molecular weight is 304 g/mol. The first-order chi connectivity index (χ1) is 10.1. The molecule has 1 aromatic carbocycles. The van der Waals surface area contributed by atoms with Crippen molar-refractivity contribution in [1.82, 2.24) is 19.8 Å². The van der Waals surface area contributed by atoms with Crippen molar-refractivity contribution in [2.24, 2.45) is 5.10 Å². The van der Waals surface area contributed by atoms with E-state index in [4.69, 9.17) is 11.6 Å². The molecule has 5 nitrogen and oxygen atoms in total. The van der Waals surface area contributed by atoms with Gasteiger partial charge >= 0.3 is 0 Å². The Hall–Kier alpha value is -1.88. The molecule has 0 saturated heterocycles. The highest BCUT2D eigenvalue weighted by Gasteiger charge is 2.17. The fourth-order valence-electron chi connectivity index (χ4n) is 2.66. The van der Waals surface area contributed by atoms with Gasteiger partial charge in [0.1, 0.15) is 12.7 Å². The minimum atomic E-state index is 0.691. The van der Waals surface area contributed by atoms with Crippen LogP contribution < -0.4 is 0 Å². The molecular weight excluding hydrogens is 286 g/mol. The lowest BCUT2D eigenvalue weighted by atomic mass is 9.90. The maximum absolute atomic E-state index is 6.50. The predicted octanol–water partition coefficient (Wildman–Crippen LogP) is 2.58. The second kappa shape index (κ2) is 5.85. The first kappa shape index (κ1) is 14.1. The number of benzene rings is 1. The largest absolute Gasteiger partial charge is 0.301 e. The van der Waals surface area contributed by atoms with Gasteiger partial charge in [-0.05, 0) is 48.9 Å². The number of halogens is 1. The number of hydrogen-bond acceptors (Lipinski definition) is 4. The van der Waals surface area contributed by atoms with Crippen LogP contribution in [0.5, 0.6) is 0 Å². The third-order valence-corrected chi connectivity index (χ3v) is 3.92. The highest BCUT2D eigenvalue weighted by molar-refractivity contribution is 6.34. The number of hydrogen-bond donors (Lipinski definition) is 0. The first-order valence-corrected chi connectivity index (χ1v) is 7.45. The molecule has 0 spiro atoms. The second-order valence-electron chi connectivity index (χ2n) is 5.42. The average Bonchev–Trinajstić information content (AvgIpc) is 2.98. The van der Waals surface area contributed by atoms with E-state index in [2.05, 4.69) is 27.3 Å². The van der Waals surface area contributed by atoms with E-state index in [0.29, 0.717) is 10.9 Å². The van der Waals surface area contributed by atoms with Crippen LogP contribution in [0.2, 0.25) is 5.02 Å². The lowest BCUT2D eigenvalue weighted by Crippen LogP contribution is -2.20. The van der Waals surface area contributed by atoms with Crippen molar-refractivity contribution < 1.29 is 0 Å². The van der Waals surface area contributed by atoms with E-state index in [1.807, 2.05) is 14.1 Å². The van der Waals surface area contributed by atoms with Crippen molar-refractivity contribution in [3.63, 3.8) is 0 Å². The van der Waals surface area contributed by atoms with Gasteiger partial charge in [0.05, 0.1) is 5.02 Å². The Kier molecular flexibility index (Phi) is 3.92. The molecule has 0 unspecified atom stereocenters. The Morgan fingerprint density at radius 1 is 1.24 bits per heavy atom. The summed E-state index contributed by atoms with van der Waals surface area (Å²) >= 11 is 6.50. The molecule has 0 bridgehead atoms. The van der Waals surface area contributed by atoms with Gasteiger partial charge in [-0.25, -0.2) is 9.67 Å². The van der Waals surface area contributed by atoms with E-state index < -0.39 is 0 Å². The first-order valence-electron chi connectivity index (χ1n) is 7.08. The smallest absolute Gasteiger partial charge is 0.183 e. The van der Waals surface area contributed by atoms with Crippen LogP contribution >= 0.6 is 11.6 Å². The van der Waals surface area contributed by atoms with Crippen LogP contribution in [0, 0.1) is 0 Å². The van der Waals surface area contributed by atoms with Gasteiger partial charge in [0.25, 0.3) is 0 Å². The topological polar surface area (TPSA) is 46.3 Å². The Morgan fingerprint density at radius 3 is 2.57 bits per heavy atom. The fourth-order valence-corrected chi connectivity index (χ4v) is 2.93. The summed E-state index contributed by atoms with van der Waals surface area (Å²) in [5.41, 5.74) is 3.63. The molecular formula is C15H18ClN5. The zero-order valence-electron chi connectivity index (χ0n) is 12.3. The van der Waals surface area contributed by atoms with Gasteiger partial charge in [-0.1, -0.05) is 11.6 Å². The molecule has 1 aliphatic carbocycles. The van der Waals surface area contributed by atoms with Crippen molar-refractivity contribution in [3.05, 3.63) is 46.5 Å². The van der Waals surface area contributed by atoms with Crippen molar-refractivity contribution in [3.8, 4) is 0 Å². The lowest BCUT2D eigenvalue weighted by molar-refractivity contribution is 0.434. The summed E-state index contributed by atoms with van der Waals surface area (Å²) in [6, 6.07) is 4.23. The fraction of sp³-hybridized carbons (Fsp3) is 0.400. The molecule has 1 aliphatic rings. The van der Waals surface area contributed by atoms with E-state index in [9.17, 15) is 0 Å². The van der Waals surface area contributed by atoms with Crippen LogP contribution in [0.25, 0.3) is 0 Å². The van der Waals surface area contributed by atoms with Crippen molar-refractivity contribution in [2.75, 3.05) is 14.1 Å². The van der Waals surface area contributed by atoms with Crippen molar-refractivity contribution >= 4 is 17.4 Å². The van der Waals surface area contributed by atoms with Gasteiger partial charge < -0.3 is 5.01 Å². The Labute approximate surface area is 129 Å². The molecule has 110 valence electrons. The summed E-state index contributed by atoms with van der Waals surface area (Å²) in [7, 11) is 3.76. The Bertz CT molecular complexity index is 661. The van der Waals surface area contributed by atoms with E-state index >= 15 is 0 Å². The summed E-state index contributed by atoms with van der Waals surface area (Å²) in [5, 5.41) is 11.2. The number of fused-ring (bicyclic) bond motifs is 1. The van der Waals surface area contributed by atoms with E-state index in [-0.39, 0.29) is 0 Å². The van der Waals surface area contributed by atoms with Crippen LogP contribution in [0.3, 0.4) is 0 Å². The minimum Gasteiger partial charge on any atom is -0.301 e. The van der Waals surface area contributed by atoms with Gasteiger partial charge in [-0.2, -0.15) is 10.2 Å². The molecule has 0 N–H and O–H groups in total. The molecule has 2 aromatic rings. The highest BCUT2D eigenvalue weighted by Crippen LogP contribution is 2.28. The molecule has 6 heteroatoms. The molecule has 0 amide bonds. The molecule has 1 heterocycles. The number of aromatic nitrogens is 3. The van der Waals surface area contributed by atoms with Gasteiger partial charge in [-0.3, -0.25) is 0 Å². The zero-order chi connectivity index (χ0) is 14.8. The lowest BCUT2D eigenvalue weighted by Gasteiger charge is -2.19. The molecule has 0 atom stereocenters. The van der Waals surface area contributed by atoms with Gasteiger partial charge in [0.15, 0.2) is 5.84 Å². The third kappa shape index (κ3) is 2.93. The number of hydrazone groups is 1. The summed E-state index contributed by atoms with van der Waals surface area (Å²) in [6.07, 6.45) is 7.82. The standard InChI is InChI=1S/C15H18ClN5/c1-20(2)19-15(21-10-17-9-18-21)13-7-11-5-3-4-6-12(11)8-14(13)16/h7-10H,3-6H2,1-2H3. The van der Waals surface area contributed by atoms with Crippen LogP contribution in [-0.4, -0.2) is 39.7 Å². The van der Waals surface area contributed by atoms with Gasteiger partial charge in [0, 0.05) is 19.7 Å². The molecule has 1 aromatic heterocycles. The van der Waals surface area contributed by atoms with Gasteiger partial charge in [-0.15, -0.1) is 0 Å². The van der Waals surface area contributed by atoms with Crippen LogP contribution in [-0.2, 0) is 12.8 Å². The quantitative estimate of drug-likeness (QED) is 0.487. The molecule has 0 aliphatic heterocycles. The Balaban J connectivity index is 2.12. The predicted molar refractivity (Wildman–Crippen MR) is 83.7 cm³/mol. The monoisotopic (exact) mass is 303 g/mol. The molecule has 3 rings (SSSR count). The summed E-state index contributed by atoms with van der Waals surface area (Å²) in [5.74, 6) is 0.691. The van der Waals surface area contributed by atoms with Gasteiger partial charge in [0.2, 0.25) is 0 Å². The van der Waals surface area contributed by atoms with E-state index in [1.165, 1.54) is 30.3 Å². The number of nitrogens with zero attached hydrogens (tertiary/aromatic N) is 5. The van der Waals surface area contributed by atoms with Crippen LogP contribution in [0.15, 0.2) is 29.9 Å². The second-order valence-corrected chi connectivity index (χ2v) is 5.83. The van der Waals surface area contributed by atoms with Crippen LogP contribution in [0.4, 0.5) is 0 Å². The molecule has 0 fully saturated rings. The number of aryl methyl sites for hydroxylation is 2.